The topological polar surface area (TPSA) is 75.9 Å². The Labute approximate surface area is 176 Å². The van der Waals surface area contributed by atoms with Crippen LogP contribution in [0.3, 0.4) is 0 Å². The molecule has 6 nitrogen and oxygen atoms in total. The molecule has 2 N–H and O–H groups in total. The van der Waals surface area contributed by atoms with E-state index in [0.29, 0.717) is 5.75 Å². The Balaban J connectivity index is 1.77. The van der Waals surface area contributed by atoms with E-state index in [1.54, 1.807) is 4.90 Å². The summed E-state index contributed by atoms with van der Waals surface area (Å²) in [6.07, 6.45) is 0.0953. The number of anilines is 2. The van der Waals surface area contributed by atoms with E-state index in [0.717, 1.165) is 17.1 Å². The third-order valence-electron chi connectivity index (χ3n) is 4.57. The lowest BCUT2D eigenvalue weighted by atomic mass is 10.2. The number of primary amides is 1. The molecule has 0 aliphatic carbocycles. The summed E-state index contributed by atoms with van der Waals surface area (Å²) in [5, 5.41) is 0. The van der Waals surface area contributed by atoms with Crippen LogP contribution in [-0.4, -0.2) is 32.0 Å². The number of carbonyl (C=O) groups is 2. The molecule has 0 saturated heterocycles. The number of amides is 2. The molecule has 3 rings (SSSR count). The molecule has 0 atom stereocenters. The Morgan fingerprint density at radius 2 is 1.47 bits per heavy atom. The Hall–Kier alpha value is -3.80. The van der Waals surface area contributed by atoms with Gasteiger partial charge in [-0.25, -0.2) is 0 Å². The number of nitrogens with two attached hydrogens (primary N) is 1. The maximum absolute atomic E-state index is 13.1. The summed E-state index contributed by atoms with van der Waals surface area (Å²) < 4.78 is 6.01. The van der Waals surface area contributed by atoms with Gasteiger partial charge in [-0.1, -0.05) is 48.5 Å². The maximum atomic E-state index is 13.1. The molecular formula is C24H25N3O3. The lowest BCUT2D eigenvalue weighted by Gasteiger charge is -2.27. The number of para-hydroxylation sites is 4. The molecule has 3 aromatic carbocycles. The maximum Gasteiger partial charge on any atom is 0.246 e. The fraction of sp³-hybridized carbons (Fsp3) is 0.167. The zero-order valence-electron chi connectivity index (χ0n) is 16.9. The van der Waals surface area contributed by atoms with Crippen LogP contribution in [0.4, 0.5) is 11.4 Å². The van der Waals surface area contributed by atoms with Gasteiger partial charge in [-0.15, -0.1) is 0 Å². The van der Waals surface area contributed by atoms with Crippen LogP contribution >= 0.6 is 0 Å². The van der Waals surface area contributed by atoms with E-state index in [4.69, 9.17) is 10.5 Å². The molecule has 0 saturated carbocycles. The minimum atomic E-state index is -0.446. The standard InChI is InChI=1S/C24H25N3O3/c1-26(21-14-8-9-15-22(21)30-20-12-6-3-7-13-20)18-24(29)27(17-16-23(25)28)19-10-4-2-5-11-19/h2-15H,16-18H2,1H3,(H2,25,28). The van der Waals surface area contributed by atoms with E-state index in [-0.39, 0.29) is 25.4 Å². The van der Waals surface area contributed by atoms with Gasteiger partial charge < -0.3 is 20.3 Å². The van der Waals surface area contributed by atoms with E-state index in [1.165, 1.54) is 0 Å². The summed E-state index contributed by atoms with van der Waals surface area (Å²) in [4.78, 5) is 27.8. The van der Waals surface area contributed by atoms with Crippen LogP contribution in [0.2, 0.25) is 0 Å². The smallest absolute Gasteiger partial charge is 0.246 e. The van der Waals surface area contributed by atoms with Crippen molar-refractivity contribution >= 4 is 23.2 Å². The quantitative estimate of drug-likeness (QED) is 0.589. The third kappa shape index (κ3) is 5.61. The molecular weight excluding hydrogens is 378 g/mol. The van der Waals surface area contributed by atoms with Crippen molar-refractivity contribution < 1.29 is 14.3 Å². The predicted octanol–water partition coefficient (Wildman–Crippen LogP) is 3.82. The van der Waals surface area contributed by atoms with Crippen LogP contribution in [0.15, 0.2) is 84.9 Å². The second-order valence-electron chi connectivity index (χ2n) is 6.84. The third-order valence-corrected chi connectivity index (χ3v) is 4.57. The van der Waals surface area contributed by atoms with Crippen molar-refractivity contribution in [3.63, 3.8) is 0 Å². The van der Waals surface area contributed by atoms with Crippen LogP contribution < -0.4 is 20.3 Å². The average Bonchev–Trinajstić information content (AvgIpc) is 2.75. The van der Waals surface area contributed by atoms with Crippen LogP contribution in [0.1, 0.15) is 6.42 Å². The highest BCUT2D eigenvalue weighted by atomic mass is 16.5. The molecule has 30 heavy (non-hydrogen) atoms. The zero-order valence-corrected chi connectivity index (χ0v) is 16.9. The number of carbonyl (C=O) groups excluding carboxylic acids is 2. The van der Waals surface area contributed by atoms with Crippen LogP contribution in [0, 0.1) is 0 Å². The minimum absolute atomic E-state index is 0.0953. The summed E-state index contributed by atoms with van der Waals surface area (Å²) in [7, 11) is 1.84. The van der Waals surface area contributed by atoms with Gasteiger partial charge in [-0.2, -0.15) is 0 Å². The fourth-order valence-electron chi connectivity index (χ4n) is 3.08. The predicted molar refractivity (Wildman–Crippen MR) is 119 cm³/mol. The molecule has 2 amide bonds. The number of ether oxygens (including phenoxy) is 1. The lowest BCUT2D eigenvalue weighted by Crippen LogP contribution is -2.40. The van der Waals surface area contributed by atoms with E-state index < -0.39 is 5.91 Å². The van der Waals surface area contributed by atoms with Crippen LogP contribution in [0.5, 0.6) is 11.5 Å². The van der Waals surface area contributed by atoms with Crippen molar-refractivity contribution in [3.05, 3.63) is 84.9 Å². The van der Waals surface area contributed by atoms with E-state index >= 15 is 0 Å². The molecule has 6 heteroatoms. The van der Waals surface area contributed by atoms with Gasteiger partial charge in [0.15, 0.2) is 5.75 Å². The highest BCUT2D eigenvalue weighted by molar-refractivity contribution is 5.97. The second kappa shape index (κ2) is 10.1. The van der Waals surface area contributed by atoms with E-state index in [1.807, 2.05) is 96.9 Å². The minimum Gasteiger partial charge on any atom is -0.455 e. The number of benzene rings is 3. The number of hydrogen-bond acceptors (Lipinski definition) is 4. The van der Waals surface area contributed by atoms with Gasteiger partial charge in [-0.3, -0.25) is 9.59 Å². The molecule has 0 unspecified atom stereocenters. The first kappa shape index (κ1) is 20.9. The highest BCUT2D eigenvalue weighted by Crippen LogP contribution is 2.31. The second-order valence-corrected chi connectivity index (χ2v) is 6.84. The normalized spacial score (nSPS) is 10.3. The van der Waals surface area contributed by atoms with Gasteiger partial charge in [0.05, 0.1) is 12.2 Å². The van der Waals surface area contributed by atoms with Crippen molar-refractivity contribution in [2.75, 3.05) is 29.9 Å². The molecule has 0 fully saturated rings. The van der Waals surface area contributed by atoms with Crippen molar-refractivity contribution in [1.29, 1.82) is 0 Å². The van der Waals surface area contributed by atoms with Gasteiger partial charge in [0.2, 0.25) is 11.8 Å². The Bertz CT molecular complexity index is 977. The first-order valence-electron chi connectivity index (χ1n) is 9.71. The monoisotopic (exact) mass is 403 g/mol. The lowest BCUT2D eigenvalue weighted by molar-refractivity contribution is -0.118. The molecule has 3 aromatic rings. The highest BCUT2D eigenvalue weighted by Gasteiger charge is 2.20. The van der Waals surface area contributed by atoms with Crippen molar-refractivity contribution in [1.82, 2.24) is 0 Å². The van der Waals surface area contributed by atoms with Crippen molar-refractivity contribution in [2.24, 2.45) is 5.73 Å². The van der Waals surface area contributed by atoms with E-state index in [9.17, 15) is 9.59 Å². The summed E-state index contributed by atoms with van der Waals surface area (Å²) >= 11 is 0. The number of rotatable bonds is 9. The van der Waals surface area contributed by atoms with Gasteiger partial charge in [0.1, 0.15) is 5.75 Å². The van der Waals surface area contributed by atoms with Crippen molar-refractivity contribution in [3.8, 4) is 11.5 Å². The molecule has 0 radical (unpaired) electrons. The van der Waals surface area contributed by atoms with Crippen molar-refractivity contribution in [2.45, 2.75) is 6.42 Å². The van der Waals surface area contributed by atoms with Crippen LogP contribution in [0.25, 0.3) is 0 Å². The summed E-state index contributed by atoms with van der Waals surface area (Å²) in [6.45, 7) is 0.344. The Kier molecular flexibility index (Phi) is 7.05. The molecule has 0 aliphatic heterocycles. The fourth-order valence-corrected chi connectivity index (χ4v) is 3.08. The molecule has 0 spiro atoms. The number of likely N-dealkylation sites (N-methyl/N-ethyl adjacent to an activating group) is 1. The average molecular weight is 403 g/mol. The molecule has 0 bridgehead atoms. The Morgan fingerprint density at radius 1 is 0.867 bits per heavy atom. The molecule has 0 aromatic heterocycles. The largest absolute Gasteiger partial charge is 0.455 e. The van der Waals surface area contributed by atoms with Gasteiger partial charge in [0, 0.05) is 25.7 Å². The number of hydrogen-bond donors (Lipinski definition) is 1. The van der Waals surface area contributed by atoms with Gasteiger partial charge in [0.25, 0.3) is 0 Å². The van der Waals surface area contributed by atoms with E-state index in [2.05, 4.69) is 0 Å². The Morgan fingerprint density at radius 3 is 2.13 bits per heavy atom. The molecule has 154 valence electrons. The molecule has 0 heterocycles. The number of nitrogens with zero attached hydrogens (tertiary/aromatic N) is 2. The summed E-state index contributed by atoms with van der Waals surface area (Å²) in [5.41, 5.74) is 6.82. The first-order valence-corrected chi connectivity index (χ1v) is 9.71. The van der Waals surface area contributed by atoms with Crippen LogP contribution in [-0.2, 0) is 9.59 Å². The molecule has 0 aliphatic rings. The SMILES string of the molecule is CN(CC(=O)N(CCC(N)=O)c1ccccc1)c1ccccc1Oc1ccccc1. The first-order chi connectivity index (χ1) is 14.5. The zero-order chi connectivity index (χ0) is 21.3. The van der Waals surface area contributed by atoms with Gasteiger partial charge >= 0.3 is 0 Å². The van der Waals surface area contributed by atoms with Gasteiger partial charge in [-0.05, 0) is 36.4 Å². The summed E-state index contributed by atoms with van der Waals surface area (Å²) in [5.74, 6) is 0.789. The summed E-state index contributed by atoms with van der Waals surface area (Å²) in [6, 6.07) is 26.3.